The molecule has 2 aromatic rings. The third-order valence-corrected chi connectivity index (χ3v) is 4.02. The number of aromatic amines is 1. The zero-order valence-corrected chi connectivity index (χ0v) is 10.9. The number of thiol groups is 1. The van der Waals surface area contributed by atoms with E-state index < -0.39 is 0 Å². The van der Waals surface area contributed by atoms with Crippen LogP contribution in [0.2, 0.25) is 0 Å². The van der Waals surface area contributed by atoms with Crippen LogP contribution in [0.3, 0.4) is 0 Å². The number of ether oxygens (including phenoxy) is 1. The molecule has 1 aromatic carbocycles. The van der Waals surface area contributed by atoms with Crippen LogP contribution in [0.1, 0.15) is 25.5 Å². The summed E-state index contributed by atoms with van der Waals surface area (Å²) in [5.41, 5.74) is 4.09. The van der Waals surface area contributed by atoms with E-state index in [9.17, 15) is 0 Å². The highest BCUT2D eigenvalue weighted by atomic mass is 32.1. The Morgan fingerprint density at radius 1 is 1.35 bits per heavy atom. The fourth-order valence-electron chi connectivity index (χ4n) is 2.79. The van der Waals surface area contributed by atoms with E-state index in [1.54, 1.807) is 0 Å². The fourth-order valence-corrected chi connectivity index (χ4v) is 2.99. The van der Waals surface area contributed by atoms with E-state index in [0.29, 0.717) is 6.10 Å². The van der Waals surface area contributed by atoms with Gasteiger partial charge in [0.1, 0.15) is 0 Å². The van der Waals surface area contributed by atoms with Crippen LogP contribution in [0.25, 0.3) is 10.9 Å². The average Bonchev–Trinajstić information content (AvgIpc) is 2.53. The molecule has 1 atom stereocenters. The lowest BCUT2D eigenvalue weighted by Crippen LogP contribution is -2.10. The standard InChI is InChI=1S/C14H17NOS.H2/c1-16-9-2-5-11-12-6-4-10(17)8-14(12)15-13(11)7-3-9;/h4,6,8-9,15,17H,2-3,5,7H2,1H3;1H. The highest BCUT2D eigenvalue weighted by Crippen LogP contribution is 2.30. The Labute approximate surface area is 108 Å². The van der Waals surface area contributed by atoms with Crippen molar-refractivity contribution in [3.05, 3.63) is 29.5 Å². The molecule has 0 spiro atoms. The first-order valence-corrected chi connectivity index (χ1v) is 6.58. The summed E-state index contributed by atoms with van der Waals surface area (Å²) >= 11 is 4.39. The molecule has 0 bridgehead atoms. The minimum atomic E-state index is 0. The summed E-state index contributed by atoms with van der Waals surface area (Å²) in [4.78, 5) is 4.55. The normalized spacial score (nSPS) is 20.2. The van der Waals surface area contributed by atoms with Crippen LogP contribution in [-0.2, 0) is 17.6 Å². The fraction of sp³-hybridized carbons (Fsp3) is 0.429. The van der Waals surface area contributed by atoms with Crippen LogP contribution in [0.5, 0.6) is 0 Å². The van der Waals surface area contributed by atoms with Crippen molar-refractivity contribution in [1.29, 1.82) is 0 Å². The number of rotatable bonds is 1. The van der Waals surface area contributed by atoms with Gasteiger partial charge in [-0.1, -0.05) is 6.07 Å². The topological polar surface area (TPSA) is 25.0 Å². The van der Waals surface area contributed by atoms with Crippen molar-refractivity contribution in [2.24, 2.45) is 0 Å². The van der Waals surface area contributed by atoms with Gasteiger partial charge >= 0.3 is 0 Å². The molecule has 0 saturated carbocycles. The number of H-pyrrole nitrogens is 1. The zero-order valence-electron chi connectivity index (χ0n) is 9.99. The van der Waals surface area contributed by atoms with Gasteiger partial charge in [0.15, 0.2) is 0 Å². The van der Waals surface area contributed by atoms with Gasteiger partial charge in [-0.3, -0.25) is 0 Å². The molecule has 1 N–H and O–H groups in total. The molecule has 1 unspecified atom stereocenters. The Bertz CT molecular complexity index is 552. The van der Waals surface area contributed by atoms with Crippen molar-refractivity contribution in [1.82, 2.24) is 4.98 Å². The van der Waals surface area contributed by atoms with Crippen molar-refractivity contribution in [3.8, 4) is 0 Å². The lowest BCUT2D eigenvalue weighted by molar-refractivity contribution is 0.0907. The second kappa shape index (κ2) is 4.39. The quantitative estimate of drug-likeness (QED) is 0.586. The van der Waals surface area contributed by atoms with Gasteiger partial charge in [0.2, 0.25) is 0 Å². The van der Waals surface area contributed by atoms with E-state index in [4.69, 9.17) is 4.74 Å². The maximum Gasteiger partial charge on any atom is 0.0578 e. The van der Waals surface area contributed by atoms with Crippen LogP contribution in [0, 0.1) is 0 Å². The van der Waals surface area contributed by atoms with Crippen molar-refractivity contribution >= 4 is 23.5 Å². The summed E-state index contributed by atoms with van der Waals surface area (Å²) < 4.78 is 5.48. The predicted molar refractivity (Wildman–Crippen MR) is 75.1 cm³/mol. The molecule has 3 heteroatoms. The molecule has 1 aromatic heterocycles. The molecule has 0 saturated heterocycles. The van der Waals surface area contributed by atoms with Crippen molar-refractivity contribution in [2.75, 3.05) is 7.11 Å². The molecule has 0 radical (unpaired) electrons. The number of aromatic nitrogens is 1. The zero-order chi connectivity index (χ0) is 11.8. The minimum absolute atomic E-state index is 0. The van der Waals surface area contributed by atoms with Gasteiger partial charge in [0.25, 0.3) is 0 Å². The van der Waals surface area contributed by atoms with Crippen LogP contribution >= 0.6 is 12.6 Å². The maximum absolute atomic E-state index is 5.48. The van der Waals surface area contributed by atoms with Gasteiger partial charge in [-0.2, -0.15) is 0 Å². The number of benzene rings is 1. The summed E-state index contributed by atoms with van der Waals surface area (Å²) in [5, 5.41) is 1.36. The van der Waals surface area contributed by atoms with Gasteiger partial charge < -0.3 is 9.72 Å². The predicted octanol–water partition coefficient (Wildman–Crippen LogP) is 3.60. The third-order valence-electron chi connectivity index (χ3n) is 3.74. The number of fused-ring (bicyclic) bond motifs is 3. The maximum atomic E-state index is 5.48. The number of methoxy groups -OCH3 is 1. The SMILES string of the molecule is COC1CCc2[nH]c3cc(S)ccc3c2CC1.[HH]. The Hall–Kier alpha value is -0.930. The highest BCUT2D eigenvalue weighted by molar-refractivity contribution is 7.80. The monoisotopic (exact) mass is 249 g/mol. The van der Waals surface area contributed by atoms with E-state index in [1.807, 2.05) is 7.11 Å². The first-order valence-electron chi connectivity index (χ1n) is 6.13. The van der Waals surface area contributed by atoms with E-state index >= 15 is 0 Å². The lowest BCUT2D eigenvalue weighted by atomic mass is 10.1. The van der Waals surface area contributed by atoms with Gasteiger partial charge in [-0.05, 0) is 43.4 Å². The molecule has 1 heterocycles. The molecule has 0 aliphatic heterocycles. The van der Waals surface area contributed by atoms with Crippen LogP contribution in [0.15, 0.2) is 23.1 Å². The summed E-state index contributed by atoms with van der Waals surface area (Å²) in [5.74, 6) is 0. The Morgan fingerprint density at radius 2 is 2.18 bits per heavy atom. The molecule has 0 amide bonds. The smallest absolute Gasteiger partial charge is 0.0578 e. The molecule has 2 nitrogen and oxygen atoms in total. The Morgan fingerprint density at radius 3 is 3.00 bits per heavy atom. The van der Waals surface area contributed by atoms with E-state index in [0.717, 1.165) is 30.6 Å². The largest absolute Gasteiger partial charge is 0.381 e. The first-order chi connectivity index (χ1) is 8.28. The molecular weight excluding hydrogens is 230 g/mol. The molecule has 17 heavy (non-hydrogen) atoms. The summed E-state index contributed by atoms with van der Waals surface area (Å²) in [6, 6.07) is 6.36. The van der Waals surface area contributed by atoms with E-state index in [1.165, 1.54) is 22.2 Å². The summed E-state index contributed by atoms with van der Waals surface area (Å²) in [6.07, 6.45) is 4.85. The molecular formula is C14H19NOS. The van der Waals surface area contributed by atoms with E-state index in [-0.39, 0.29) is 1.43 Å². The first kappa shape index (κ1) is 11.2. The number of nitrogens with one attached hydrogen (secondary N) is 1. The second-order valence-electron chi connectivity index (χ2n) is 4.75. The van der Waals surface area contributed by atoms with E-state index in [2.05, 4.69) is 35.8 Å². The Balaban J connectivity index is 0.00000120. The molecule has 3 rings (SSSR count). The third kappa shape index (κ3) is 1.98. The van der Waals surface area contributed by atoms with Crippen LogP contribution < -0.4 is 0 Å². The second-order valence-corrected chi connectivity index (χ2v) is 5.26. The molecule has 1 aliphatic rings. The van der Waals surface area contributed by atoms with Crippen molar-refractivity contribution < 1.29 is 6.16 Å². The van der Waals surface area contributed by atoms with Gasteiger partial charge in [0.05, 0.1) is 6.10 Å². The highest BCUT2D eigenvalue weighted by Gasteiger charge is 2.19. The van der Waals surface area contributed by atoms with Crippen molar-refractivity contribution in [3.63, 3.8) is 0 Å². The molecule has 0 fully saturated rings. The lowest BCUT2D eigenvalue weighted by Gasteiger charge is -2.10. The number of aryl methyl sites for hydroxylation is 2. The molecule has 1 aliphatic carbocycles. The van der Waals surface area contributed by atoms with Crippen LogP contribution in [0.4, 0.5) is 0 Å². The Kier molecular flexibility index (Phi) is 2.89. The number of hydrogen-bond donors (Lipinski definition) is 2. The van der Waals surface area contributed by atoms with Crippen LogP contribution in [-0.4, -0.2) is 18.2 Å². The number of hydrogen-bond acceptors (Lipinski definition) is 2. The summed E-state index contributed by atoms with van der Waals surface area (Å²) in [6.45, 7) is 0. The van der Waals surface area contributed by atoms with Gasteiger partial charge in [-0.15, -0.1) is 12.6 Å². The van der Waals surface area contributed by atoms with Crippen molar-refractivity contribution in [2.45, 2.75) is 36.7 Å². The van der Waals surface area contributed by atoms with Gasteiger partial charge in [0, 0.05) is 30.0 Å². The average molecular weight is 249 g/mol. The van der Waals surface area contributed by atoms with Gasteiger partial charge in [-0.25, -0.2) is 0 Å². The summed E-state index contributed by atoms with van der Waals surface area (Å²) in [7, 11) is 1.82. The minimum Gasteiger partial charge on any atom is -0.381 e. The molecule has 92 valence electrons.